The van der Waals surface area contributed by atoms with Gasteiger partial charge in [0, 0.05) is 0 Å². The molecule has 0 aliphatic carbocycles. The highest BCUT2D eigenvalue weighted by molar-refractivity contribution is 7.92. The lowest BCUT2D eigenvalue weighted by Crippen LogP contribution is -2.15. The number of carbonyl (C=O) groups is 1. The smallest absolute Gasteiger partial charge is 0.336 e. The van der Waals surface area contributed by atoms with E-state index in [1.807, 2.05) is 6.92 Å². The molecule has 0 atom stereocenters. The van der Waals surface area contributed by atoms with Crippen molar-refractivity contribution in [3.05, 3.63) is 71.8 Å². The van der Waals surface area contributed by atoms with Gasteiger partial charge in [0.1, 0.15) is 0 Å². The van der Waals surface area contributed by atoms with Crippen LogP contribution in [-0.4, -0.2) is 19.5 Å². The maximum atomic E-state index is 12.5. The molecule has 120 valence electrons. The Morgan fingerprint density at radius 2 is 1.87 bits per heavy atom. The number of carboxylic acids is 1. The number of aryl methyl sites for hydroxylation is 1. The van der Waals surface area contributed by atoms with Crippen LogP contribution in [0.2, 0.25) is 0 Å². The van der Waals surface area contributed by atoms with Gasteiger partial charge in [-0.2, -0.15) is 0 Å². The lowest BCUT2D eigenvalue weighted by molar-refractivity contribution is 0.0696. The first-order valence-corrected chi connectivity index (χ1v) is 8.39. The number of nitrogens with one attached hydrogen (secondary N) is 1. The van der Waals surface area contributed by atoms with Crippen molar-refractivity contribution in [2.75, 3.05) is 4.72 Å². The maximum Gasteiger partial charge on any atom is 0.336 e. The molecule has 0 amide bonds. The summed E-state index contributed by atoms with van der Waals surface area (Å²) in [6.45, 7) is 5.46. The molecule has 0 aliphatic rings. The maximum absolute atomic E-state index is 12.5. The number of hydrogen-bond acceptors (Lipinski definition) is 3. The first kappa shape index (κ1) is 16.8. The fourth-order valence-corrected chi connectivity index (χ4v) is 3.26. The number of benzene rings is 2. The summed E-state index contributed by atoms with van der Waals surface area (Å²) in [6.07, 6.45) is 1.78. The average Bonchev–Trinajstić information content (AvgIpc) is 2.49. The SMILES string of the molecule is C=CCc1c(NS(=O)(=O)c2ccc(C)cc2)cccc1C(=O)O. The van der Waals surface area contributed by atoms with E-state index < -0.39 is 16.0 Å². The topological polar surface area (TPSA) is 83.5 Å². The lowest BCUT2D eigenvalue weighted by Gasteiger charge is -2.14. The molecule has 2 N–H and O–H groups in total. The fraction of sp³-hybridized carbons (Fsp3) is 0.118. The summed E-state index contributed by atoms with van der Waals surface area (Å²) >= 11 is 0. The summed E-state index contributed by atoms with van der Waals surface area (Å²) in [5.74, 6) is -1.11. The predicted octanol–water partition coefficient (Wildman–Crippen LogP) is 3.22. The molecule has 0 radical (unpaired) electrons. The third-order valence-corrected chi connectivity index (χ3v) is 4.71. The Balaban J connectivity index is 2.46. The highest BCUT2D eigenvalue weighted by atomic mass is 32.2. The van der Waals surface area contributed by atoms with Crippen LogP contribution in [0.5, 0.6) is 0 Å². The molecule has 0 spiro atoms. The quantitative estimate of drug-likeness (QED) is 0.796. The Labute approximate surface area is 135 Å². The van der Waals surface area contributed by atoms with Gasteiger partial charge in [-0.15, -0.1) is 6.58 Å². The highest BCUT2D eigenvalue weighted by Gasteiger charge is 2.19. The van der Waals surface area contributed by atoms with Gasteiger partial charge in [-0.05, 0) is 43.2 Å². The van der Waals surface area contributed by atoms with E-state index >= 15 is 0 Å². The number of carboxylic acid groups (broad SMARTS) is 1. The summed E-state index contributed by atoms with van der Waals surface area (Å²) in [4.78, 5) is 11.4. The average molecular weight is 331 g/mol. The minimum Gasteiger partial charge on any atom is -0.478 e. The van der Waals surface area contributed by atoms with Gasteiger partial charge in [-0.3, -0.25) is 4.72 Å². The predicted molar refractivity (Wildman–Crippen MR) is 89.3 cm³/mol. The summed E-state index contributed by atoms with van der Waals surface area (Å²) in [6, 6.07) is 10.9. The highest BCUT2D eigenvalue weighted by Crippen LogP contribution is 2.24. The van der Waals surface area contributed by atoms with Crippen molar-refractivity contribution < 1.29 is 18.3 Å². The second-order valence-electron chi connectivity index (χ2n) is 5.05. The van der Waals surface area contributed by atoms with Crippen molar-refractivity contribution in [1.29, 1.82) is 0 Å². The van der Waals surface area contributed by atoms with Crippen LogP contribution in [0.4, 0.5) is 5.69 Å². The molecule has 0 heterocycles. The second kappa shape index (κ2) is 6.66. The van der Waals surface area contributed by atoms with E-state index in [9.17, 15) is 18.3 Å². The third-order valence-electron chi connectivity index (χ3n) is 3.33. The van der Waals surface area contributed by atoms with Gasteiger partial charge >= 0.3 is 5.97 Å². The van der Waals surface area contributed by atoms with Crippen LogP contribution in [-0.2, 0) is 16.4 Å². The second-order valence-corrected chi connectivity index (χ2v) is 6.73. The molecule has 2 aromatic carbocycles. The van der Waals surface area contributed by atoms with Crippen LogP contribution < -0.4 is 4.72 Å². The number of hydrogen-bond donors (Lipinski definition) is 2. The summed E-state index contributed by atoms with van der Waals surface area (Å²) in [5.41, 5.74) is 1.62. The van der Waals surface area contributed by atoms with Crippen LogP contribution in [0.3, 0.4) is 0 Å². The van der Waals surface area contributed by atoms with Crippen molar-refractivity contribution in [2.24, 2.45) is 0 Å². The monoisotopic (exact) mass is 331 g/mol. The first-order valence-electron chi connectivity index (χ1n) is 6.90. The molecule has 0 fully saturated rings. The van der Waals surface area contributed by atoms with Gasteiger partial charge in [0.05, 0.1) is 16.1 Å². The molecule has 0 saturated carbocycles. The molecule has 5 nitrogen and oxygen atoms in total. The minimum absolute atomic E-state index is 0.0500. The fourth-order valence-electron chi connectivity index (χ4n) is 2.17. The molecule has 0 saturated heterocycles. The summed E-state index contributed by atoms with van der Waals surface area (Å²) in [5, 5.41) is 9.25. The Morgan fingerprint density at radius 1 is 1.22 bits per heavy atom. The number of anilines is 1. The zero-order chi connectivity index (χ0) is 17.0. The van der Waals surface area contributed by atoms with Gasteiger partial charge in [-0.1, -0.05) is 29.8 Å². The minimum atomic E-state index is -3.79. The van der Waals surface area contributed by atoms with E-state index in [2.05, 4.69) is 11.3 Å². The van der Waals surface area contributed by atoms with Crippen LogP contribution in [0.1, 0.15) is 21.5 Å². The van der Waals surface area contributed by atoms with Crippen molar-refractivity contribution in [1.82, 2.24) is 0 Å². The van der Waals surface area contributed by atoms with Crippen LogP contribution in [0.25, 0.3) is 0 Å². The Bertz CT molecular complexity index is 839. The third kappa shape index (κ3) is 3.78. The molecular weight excluding hydrogens is 314 g/mol. The van der Waals surface area contributed by atoms with Gasteiger partial charge in [0.25, 0.3) is 10.0 Å². The molecule has 0 unspecified atom stereocenters. The van der Waals surface area contributed by atoms with Gasteiger partial charge < -0.3 is 5.11 Å². The molecule has 0 aliphatic heterocycles. The van der Waals surface area contributed by atoms with E-state index in [4.69, 9.17) is 0 Å². The number of aromatic carboxylic acids is 1. The number of rotatable bonds is 6. The van der Waals surface area contributed by atoms with Gasteiger partial charge in [0.2, 0.25) is 0 Å². The Morgan fingerprint density at radius 3 is 2.43 bits per heavy atom. The zero-order valence-corrected chi connectivity index (χ0v) is 13.4. The molecule has 0 bridgehead atoms. The first-order chi connectivity index (χ1) is 10.8. The molecule has 6 heteroatoms. The molecular formula is C17H17NO4S. The van der Waals surface area contributed by atoms with E-state index in [-0.39, 0.29) is 22.6 Å². The number of allylic oxidation sites excluding steroid dienone is 1. The Hall–Kier alpha value is -2.60. The number of sulfonamides is 1. The molecule has 23 heavy (non-hydrogen) atoms. The molecule has 0 aromatic heterocycles. The standard InChI is InChI=1S/C17H17NO4S/c1-3-5-14-15(17(19)20)6-4-7-16(14)18-23(21,22)13-10-8-12(2)9-11-13/h3-4,6-11,18H,1,5H2,2H3,(H,19,20). The van der Waals surface area contributed by atoms with Crippen LogP contribution in [0, 0.1) is 6.92 Å². The van der Waals surface area contributed by atoms with Crippen LogP contribution in [0.15, 0.2) is 60.0 Å². The molecule has 2 rings (SSSR count). The lowest BCUT2D eigenvalue weighted by atomic mass is 10.0. The largest absolute Gasteiger partial charge is 0.478 e. The summed E-state index contributed by atoms with van der Waals surface area (Å²) in [7, 11) is -3.79. The van der Waals surface area contributed by atoms with Crippen molar-refractivity contribution in [3.8, 4) is 0 Å². The van der Waals surface area contributed by atoms with E-state index in [0.717, 1.165) is 5.56 Å². The molecule has 2 aromatic rings. The Kier molecular flexibility index (Phi) is 4.86. The van der Waals surface area contributed by atoms with Crippen molar-refractivity contribution in [3.63, 3.8) is 0 Å². The van der Waals surface area contributed by atoms with Gasteiger partial charge in [-0.25, -0.2) is 13.2 Å². The van der Waals surface area contributed by atoms with E-state index in [1.54, 1.807) is 12.1 Å². The van der Waals surface area contributed by atoms with Crippen LogP contribution >= 0.6 is 0 Å². The van der Waals surface area contributed by atoms with E-state index in [0.29, 0.717) is 5.56 Å². The normalized spacial score (nSPS) is 11.0. The van der Waals surface area contributed by atoms with E-state index in [1.165, 1.54) is 36.4 Å². The van der Waals surface area contributed by atoms with Crippen molar-refractivity contribution in [2.45, 2.75) is 18.2 Å². The van der Waals surface area contributed by atoms with Gasteiger partial charge in [0.15, 0.2) is 0 Å². The summed E-state index contributed by atoms with van der Waals surface area (Å²) < 4.78 is 27.4. The van der Waals surface area contributed by atoms with Crippen molar-refractivity contribution >= 4 is 21.7 Å². The zero-order valence-electron chi connectivity index (χ0n) is 12.6.